The number of hydrogen-bond donors (Lipinski definition) is 1. The number of rotatable bonds is 5. The molecule has 182 valence electrons. The minimum Gasteiger partial charge on any atom is -0.453 e. The number of piperidine rings is 1. The largest absolute Gasteiger partial charge is 0.453 e. The third-order valence-corrected chi connectivity index (χ3v) is 7.34. The first-order chi connectivity index (χ1) is 16.5. The number of methoxy groups -OCH3 is 1. The van der Waals surface area contributed by atoms with Crippen LogP contribution in [0.1, 0.15) is 43.0 Å². The summed E-state index contributed by atoms with van der Waals surface area (Å²) in [5, 5.41) is 7.17. The van der Waals surface area contributed by atoms with Gasteiger partial charge >= 0.3 is 6.09 Å². The summed E-state index contributed by atoms with van der Waals surface area (Å²) in [6.07, 6.45) is 3.31. The quantitative estimate of drug-likeness (QED) is 0.436. The Morgan fingerprint density at radius 3 is 2.50 bits per heavy atom. The molecule has 1 amide bonds. The number of hydrogen-bond acceptors (Lipinski definition) is 9. The summed E-state index contributed by atoms with van der Waals surface area (Å²) >= 11 is 3.21. The Morgan fingerprint density at radius 1 is 1.21 bits per heavy atom. The lowest BCUT2D eigenvalue weighted by Crippen LogP contribution is -2.40. The number of aryl methyl sites for hydroxylation is 2. The molecule has 3 aromatic rings. The molecule has 0 bridgehead atoms. The number of pyridine rings is 1. The average Bonchev–Trinajstić information content (AvgIpc) is 3.47. The molecular weight excluding hydrogens is 468 g/mol. The van der Waals surface area contributed by atoms with Crippen molar-refractivity contribution in [2.75, 3.05) is 32.6 Å². The van der Waals surface area contributed by atoms with Crippen molar-refractivity contribution in [1.82, 2.24) is 19.9 Å². The van der Waals surface area contributed by atoms with Gasteiger partial charge in [-0.1, -0.05) is 13.8 Å². The molecule has 1 fully saturated rings. The van der Waals surface area contributed by atoms with Crippen LogP contribution < -0.4 is 5.32 Å². The Morgan fingerprint density at radius 2 is 1.94 bits per heavy atom. The fourth-order valence-electron chi connectivity index (χ4n) is 3.95. The second-order valence-corrected chi connectivity index (χ2v) is 9.64. The Hall–Kier alpha value is -2.85. The van der Waals surface area contributed by atoms with Crippen LogP contribution in [-0.4, -0.2) is 58.9 Å². The van der Waals surface area contributed by atoms with Crippen molar-refractivity contribution < 1.29 is 9.53 Å². The lowest BCUT2D eigenvalue weighted by atomic mass is 9.88. The molecule has 0 aliphatic carbocycles. The van der Waals surface area contributed by atoms with Crippen LogP contribution in [0.3, 0.4) is 0 Å². The van der Waals surface area contributed by atoms with E-state index in [2.05, 4.69) is 20.3 Å². The fourth-order valence-corrected chi connectivity index (χ4v) is 5.61. The van der Waals surface area contributed by atoms with Gasteiger partial charge in [0.15, 0.2) is 5.13 Å². The lowest BCUT2D eigenvalue weighted by molar-refractivity contribution is 0.111. The molecule has 0 spiro atoms. The monoisotopic (exact) mass is 500 g/mol. The highest BCUT2D eigenvalue weighted by atomic mass is 32.1. The summed E-state index contributed by atoms with van der Waals surface area (Å²) in [4.78, 5) is 32.9. The molecule has 0 radical (unpaired) electrons. The van der Waals surface area contributed by atoms with Crippen molar-refractivity contribution in [2.45, 2.75) is 40.5 Å². The minimum absolute atomic E-state index is 0.262. The SMILES string of the molecule is CC.CN=C(c1ccc(Nc2nc(-c3sc(C)nc3C)cs2)nc1)C1CCN(C(=O)OC)CC1. The topological polar surface area (TPSA) is 92.6 Å². The zero-order chi connectivity index (χ0) is 24.7. The van der Waals surface area contributed by atoms with Crippen molar-refractivity contribution in [1.29, 1.82) is 0 Å². The van der Waals surface area contributed by atoms with Gasteiger partial charge in [0.05, 0.1) is 28.4 Å². The standard InChI is InChI=1S/C22H26N6O2S2.C2H6/c1-13-20(32-14(2)25-13)17-12-31-21(26-17)27-18-6-5-16(11-24-18)19(23-3)15-7-9-28(10-8-15)22(29)30-4;1-2/h5-6,11-12,15H,7-10H2,1-4H3,(H,24,26,27);1-2H3. The summed E-state index contributed by atoms with van der Waals surface area (Å²) in [5.41, 5.74) is 3.98. The molecule has 1 saturated heterocycles. The van der Waals surface area contributed by atoms with Crippen LogP contribution in [0.15, 0.2) is 28.7 Å². The molecule has 0 aromatic carbocycles. The Bertz CT molecular complexity index is 1110. The van der Waals surface area contributed by atoms with Crippen LogP contribution in [-0.2, 0) is 4.74 Å². The molecule has 1 N–H and O–H groups in total. The van der Waals surface area contributed by atoms with E-state index in [0.29, 0.717) is 19.0 Å². The lowest BCUT2D eigenvalue weighted by Gasteiger charge is -2.31. The maximum Gasteiger partial charge on any atom is 0.409 e. The van der Waals surface area contributed by atoms with Gasteiger partial charge in [0, 0.05) is 48.9 Å². The highest BCUT2D eigenvalue weighted by Crippen LogP contribution is 2.33. The number of aliphatic imine (C=N–C) groups is 1. The average molecular weight is 501 g/mol. The van der Waals surface area contributed by atoms with Crippen molar-refractivity contribution >= 4 is 45.4 Å². The van der Waals surface area contributed by atoms with Gasteiger partial charge in [-0.15, -0.1) is 22.7 Å². The van der Waals surface area contributed by atoms with Gasteiger partial charge in [-0.3, -0.25) is 4.99 Å². The highest BCUT2D eigenvalue weighted by Gasteiger charge is 2.27. The van der Waals surface area contributed by atoms with Crippen LogP contribution >= 0.6 is 22.7 Å². The molecule has 8 nitrogen and oxygen atoms in total. The maximum absolute atomic E-state index is 11.7. The van der Waals surface area contributed by atoms with Gasteiger partial charge < -0.3 is 15.0 Å². The zero-order valence-electron chi connectivity index (χ0n) is 20.6. The Balaban J connectivity index is 0.00000158. The van der Waals surface area contributed by atoms with Crippen molar-refractivity contribution in [3.8, 4) is 10.6 Å². The van der Waals surface area contributed by atoms with E-state index in [1.807, 2.05) is 58.5 Å². The van der Waals surface area contributed by atoms with Gasteiger partial charge in [-0.05, 0) is 38.8 Å². The van der Waals surface area contributed by atoms with Crippen LogP contribution in [0.25, 0.3) is 10.6 Å². The number of anilines is 2. The van der Waals surface area contributed by atoms with Crippen molar-refractivity contribution in [3.63, 3.8) is 0 Å². The van der Waals surface area contributed by atoms with Gasteiger partial charge in [-0.2, -0.15) is 0 Å². The van der Waals surface area contributed by atoms with E-state index in [4.69, 9.17) is 9.72 Å². The van der Waals surface area contributed by atoms with Gasteiger partial charge in [0.25, 0.3) is 0 Å². The van der Waals surface area contributed by atoms with Crippen LogP contribution in [0.4, 0.5) is 15.7 Å². The number of ether oxygens (including phenoxy) is 1. The van der Waals surface area contributed by atoms with E-state index in [1.165, 1.54) is 7.11 Å². The first kappa shape index (κ1) is 25.8. The van der Waals surface area contributed by atoms with Crippen LogP contribution in [0, 0.1) is 19.8 Å². The van der Waals surface area contributed by atoms with E-state index in [9.17, 15) is 4.79 Å². The maximum atomic E-state index is 11.7. The molecule has 0 unspecified atom stereocenters. The summed E-state index contributed by atoms with van der Waals surface area (Å²) in [6, 6.07) is 3.99. The second-order valence-electron chi connectivity index (χ2n) is 7.58. The molecule has 34 heavy (non-hydrogen) atoms. The van der Waals surface area contributed by atoms with E-state index < -0.39 is 0 Å². The van der Waals surface area contributed by atoms with Crippen LogP contribution in [0.2, 0.25) is 0 Å². The Kier molecular flexibility index (Phi) is 9.12. The van der Waals surface area contributed by atoms with Gasteiger partial charge in [-0.25, -0.2) is 19.7 Å². The Labute approximate surface area is 209 Å². The molecule has 1 aliphatic rings. The molecule has 4 rings (SSSR count). The number of likely N-dealkylation sites (tertiary alicyclic amines) is 1. The molecular formula is C24H32N6O2S2. The number of carbonyl (C=O) groups excluding carboxylic acids is 1. The number of thiazole rings is 2. The summed E-state index contributed by atoms with van der Waals surface area (Å²) < 4.78 is 4.82. The van der Waals surface area contributed by atoms with E-state index in [0.717, 1.165) is 56.3 Å². The third kappa shape index (κ3) is 5.98. The predicted octanol–water partition coefficient (Wildman–Crippen LogP) is 5.95. The molecule has 0 atom stereocenters. The van der Waals surface area contributed by atoms with Crippen molar-refractivity contribution in [2.24, 2.45) is 10.9 Å². The first-order valence-corrected chi connectivity index (χ1v) is 13.1. The smallest absolute Gasteiger partial charge is 0.409 e. The third-order valence-electron chi connectivity index (χ3n) is 5.49. The summed E-state index contributed by atoms with van der Waals surface area (Å²) in [6.45, 7) is 9.37. The number of aromatic nitrogens is 3. The van der Waals surface area contributed by atoms with E-state index in [1.54, 1.807) is 27.6 Å². The summed E-state index contributed by atoms with van der Waals surface area (Å²) in [5.74, 6) is 1.04. The first-order valence-electron chi connectivity index (χ1n) is 11.4. The minimum atomic E-state index is -0.262. The summed E-state index contributed by atoms with van der Waals surface area (Å²) in [7, 11) is 3.23. The van der Waals surface area contributed by atoms with E-state index in [-0.39, 0.29) is 6.09 Å². The zero-order valence-corrected chi connectivity index (χ0v) is 22.2. The molecule has 4 heterocycles. The van der Waals surface area contributed by atoms with Gasteiger partial charge in [0.1, 0.15) is 5.82 Å². The second kappa shape index (κ2) is 12.0. The van der Waals surface area contributed by atoms with Crippen molar-refractivity contribution in [3.05, 3.63) is 40.0 Å². The molecule has 1 aliphatic heterocycles. The normalized spacial score (nSPS) is 14.4. The van der Waals surface area contributed by atoms with Gasteiger partial charge in [0.2, 0.25) is 0 Å². The highest BCUT2D eigenvalue weighted by molar-refractivity contribution is 7.16. The fraction of sp³-hybridized carbons (Fsp3) is 0.458. The number of nitrogens with zero attached hydrogens (tertiary/aromatic N) is 5. The van der Waals surface area contributed by atoms with E-state index >= 15 is 0 Å². The predicted molar refractivity (Wildman–Crippen MR) is 141 cm³/mol. The number of amides is 1. The molecule has 3 aromatic heterocycles. The molecule has 10 heteroatoms. The number of carbonyl (C=O) groups is 1. The number of nitrogens with one attached hydrogen (secondary N) is 1. The van der Waals surface area contributed by atoms with Crippen LogP contribution in [0.5, 0.6) is 0 Å². The molecule has 0 saturated carbocycles.